The van der Waals surface area contributed by atoms with Crippen LogP contribution in [-0.2, 0) is 5.41 Å². The second kappa shape index (κ2) is 21.6. The van der Waals surface area contributed by atoms with Gasteiger partial charge >= 0.3 is 0 Å². The lowest BCUT2D eigenvalue weighted by molar-refractivity contribution is 0.748. The maximum atomic E-state index is 2.54. The second-order valence-electron chi connectivity index (χ2n) is 24.0. The summed E-state index contributed by atoms with van der Waals surface area (Å²) in [6.45, 7) is 0. The van der Waals surface area contributed by atoms with Crippen molar-refractivity contribution in [3.63, 3.8) is 0 Å². The van der Waals surface area contributed by atoms with Crippen LogP contribution in [0.5, 0.6) is 0 Å². The van der Waals surface area contributed by atoms with Crippen molar-refractivity contribution in [2.24, 2.45) is 0 Å². The molecule has 0 saturated carbocycles. The molecule has 18 rings (SSSR count). The summed E-state index contributed by atoms with van der Waals surface area (Å²) >= 11 is 0. The van der Waals surface area contributed by atoms with E-state index < -0.39 is 5.41 Å². The molecule has 5 nitrogen and oxygen atoms in total. The predicted octanol–water partition coefficient (Wildman–Crippen LogP) is 23.6. The molecule has 1 aliphatic carbocycles. The van der Waals surface area contributed by atoms with Crippen LogP contribution in [0.2, 0.25) is 0 Å². The van der Waals surface area contributed by atoms with Crippen molar-refractivity contribution in [2.45, 2.75) is 5.41 Å². The molecule has 2 heterocycles. The molecular formula is C87H59N5. The Morgan fingerprint density at radius 1 is 0.217 bits per heavy atom. The van der Waals surface area contributed by atoms with E-state index in [9.17, 15) is 0 Å². The van der Waals surface area contributed by atoms with Crippen molar-refractivity contribution in [3.05, 3.63) is 380 Å². The first-order valence-electron chi connectivity index (χ1n) is 31.7. The van der Waals surface area contributed by atoms with Gasteiger partial charge in [0.2, 0.25) is 0 Å². The lowest BCUT2D eigenvalue weighted by Gasteiger charge is -2.40. The van der Waals surface area contributed by atoms with Crippen molar-refractivity contribution >= 4 is 112 Å². The zero-order chi connectivity index (χ0) is 60.7. The molecular weight excluding hydrogens is 1110 g/mol. The fourth-order valence-electron chi connectivity index (χ4n) is 15.2. The summed E-state index contributed by atoms with van der Waals surface area (Å²) in [5.74, 6) is 0. The van der Waals surface area contributed by atoms with Crippen LogP contribution in [-0.4, -0.2) is 4.57 Å². The molecule has 0 radical (unpaired) electrons. The number of fused-ring (bicyclic) bond motifs is 14. The van der Waals surface area contributed by atoms with E-state index in [1.54, 1.807) is 0 Å². The maximum absolute atomic E-state index is 2.54. The molecule has 0 N–H and O–H groups in total. The lowest BCUT2D eigenvalue weighted by Crippen LogP contribution is -2.33. The zero-order valence-corrected chi connectivity index (χ0v) is 50.3. The van der Waals surface area contributed by atoms with E-state index in [1.807, 2.05) is 0 Å². The molecule has 432 valence electrons. The Morgan fingerprint density at radius 2 is 0.554 bits per heavy atom. The highest BCUT2D eigenvalue weighted by atomic mass is 15.2. The molecule has 1 aromatic heterocycles. The van der Waals surface area contributed by atoms with Gasteiger partial charge in [-0.15, -0.1) is 0 Å². The van der Waals surface area contributed by atoms with Gasteiger partial charge in [0.25, 0.3) is 0 Å². The summed E-state index contributed by atoms with van der Waals surface area (Å²) in [7, 11) is 0. The number of benzene rings is 15. The molecule has 1 aliphatic heterocycles. The van der Waals surface area contributed by atoms with Gasteiger partial charge in [0.1, 0.15) is 0 Å². The fraction of sp³-hybridized carbons (Fsp3) is 0.0115. The molecule has 5 heteroatoms. The highest BCUT2D eigenvalue weighted by molar-refractivity contribution is 6.13. The van der Waals surface area contributed by atoms with Crippen LogP contribution in [0, 0.1) is 0 Å². The van der Waals surface area contributed by atoms with Crippen LogP contribution in [0.4, 0.5) is 68.2 Å². The van der Waals surface area contributed by atoms with E-state index in [4.69, 9.17) is 0 Å². The average molecular weight is 1170 g/mol. The van der Waals surface area contributed by atoms with Crippen molar-refractivity contribution in [3.8, 4) is 16.8 Å². The van der Waals surface area contributed by atoms with Gasteiger partial charge in [-0.2, -0.15) is 0 Å². The SMILES string of the molecule is c1ccc(N(c2ccc(N(c3ccccc3)c3cccc4ccccc34)cc2)c2ccc3c(c2)C2(c4cc(N(c5ccccc5)c5ccc(N(c6ccccc6)c6cccc7ccccc67)cc5)ccc4-3)c3ccccc3-n3c4ccccc4c4cccc2c43)cc1. The smallest absolute Gasteiger partial charge is 0.0756 e. The number of aromatic nitrogens is 1. The Morgan fingerprint density at radius 3 is 1.04 bits per heavy atom. The Kier molecular flexibility index (Phi) is 12.4. The van der Waals surface area contributed by atoms with Crippen molar-refractivity contribution < 1.29 is 0 Å². The van der Waals surface area contributed by atoms with Gasteiger partial charge in [0, 0.05) is 78.4 Å². The topological polar surface area (TPSA) is 17.9 Å². The number of hydrogen-bond donors (Lipinski definition) is 0. The van der Waals surface area contributed by atoms with Crippen molar-refractivity contribution in [2.75, 3.05) is 19.6 Å². The van der Waals surface area contributed by atoms with E-state index >= 15 is 0 Å². The average Bonchev–Trinajstić information content (AvgIpc) is 1.47. The van der Waals surface area contributed by atoms with Gasteiger partial charge in [-0.3, -0.25) is 0 Å². The molecule has 15 aromatic carbocycles. The molecule has 92 heavy (non-hydrogen) atoms. The number of rotatable bonds is 12. The van der Waals surface area contributed by atoms with E-state index in [2.05, 4.69) is 382 Å². The highest BCUT2D eigenvalue weighted by Crippen LogP contribution is 2.63. The minimum atomic E-state index is -0.765. The van der Waals surface area contributed by atoms with E-state index in [-0.39, 0.29) is 0 Å². The normalized spacial score (nSPS) is 12.4. The van der Waals surface area contributed by atoms with Crippen molar-refractivity contribution in [1.82, 2.24) is 4.57 Å². The van der Waals surface area contributed by atoms with Crippen LogP contribution in [0.1, 0.15) is 22.3 Å². The first-order chi connectivity index (χ1) is 45.7. The molecule has 2 aliphatic rings. The predicted molar refractivity (Wildman–Crippen MR) is 385 cm³/mol. The van der Waals surface area contributed by atoms with E-state index in [1.165, 1.54) is 82.4 Å². The summed E-state index contributed by atoms with van der Waals surface area (Å²) in [4.78, 5) is 9.63. The third kappa shape index (κ3) is 8.26. The minimum absolute atomic E-state index is 0.765. The Labute approximate surface area is 535 Å². The lowest BCUT2D eigenvalue weighted by atomic mass is 9.65. The molecule has 0 atom stereocenters. The molecule has 0 bridgehead atoms. The summed E-state index contributed by atoms with van der Waals surface area (Å²) in [5, 5.41) is 7.28. The number of para-hydroxylation sites is 7. The van der Waals surface area contributed by atoms with Crippen LogP contribution < -0.4 is 19.6 Å². The Balaban J connectivity index is 0.831. The van der Waals surface area contributed by atoms with E-state index in [0.717, 1.165) is 68.2 Å². The first-order valence-corrected chi connectivity index (χ1v) is 31.7. The third-order valence-electron chi connectivity index (χ3n) is 19.1. The molecule has 0 fully saturated rings. The molecule has 0 saturated heterocycles. The largest absolute Gasteiger partial charge is 0.310 e. The summed E-state index contributed by atoms with van der Waals surface area (Å²) in [6, 6.07) is 132. The number of anilines is 12. The first kappa shape index (κ1) is 52.9. The maximum Gasteiger partial charge on any atom is 0.0756 e. The fourth-order valence-corrected chi connectivity index (χ4v) is 15.2. The molecule has 16 aromatic rings. The molecule has 0 unspecified atom stereocenters. The Bertz CT molecular complexity index is 5200. The highest BCUT2D eigenvalue weighted by Gasteiger charge is 2.51. The Hall–Kier alpha value is -12.2. The van der Waals surface area contributed by atoms with Crippen LogP contribution >= 0.6 is 0 Å². The van der Waals surface area contributed by atoms with Gasteiger partial charge in [-0.25, -0.2) is 0 Å². The summed E-state index contributed by atoms with van der Waals surface area (Å²) in [5.41, 5.74) is 23.2. The van der Waals surface area contributed by atoms with Gasteiger partial charge in [-0.05, 0) is 190 Å². The molecule has 0 amide bonds. The minimum Gasteiger partial charge on any atom is -0.310 e. The van der Waals surface area contributed by atoms with Crippen LogP contribution in [0.3, 0.4) is 0 Å². The van der Waals surface area contributed by atoms with Gasteiger partial charge < -0.3 is 24.2 Å². The number of nitrogens with zero attached hydrogens (tertiary/aromatic N) is 5. The van der Waals surface area contributed by atoms with Crippen LogP contribution in [0.25, 0.3) is 60.2 Å². The van der Waals surface area contributed by atoms with Gasteiger partial charge in [0.15, 0.2) is 0 Å². The third-order valence-corrected chi connectivity index (χ3v) is 19.1. The monoisotopic (exact) mass is 1170 g/mol. The van der Waals surface area contributed by atoms with Crippen LogP contribution in [0.15, 0.2) is 358 Å². The summed E-state index contributed by atoms with van der Waals surface area (Å²) < 4.78 is 2.54. The van der Waals surface area contributed by atoms with Gasteiger partial charge in [0.05, 0.1) is 33.5 Å². The zero-order valence-electron chi connectivity index (χ0n) is 50.3. The second-order valence-corrected chi connectivity index (χ2v) is 24.0. The van der Waals surface area contributed by atoms with E-state index in [0.29, 0.717) is 0 Å². The molecule has 1 spiro atoms. The number of hydrogen-bond acceptors (Lipinski definition) is 4. The summed E-state index contributed by atoms with van der Waals surface area (Å²) in [6.07, 6.45) is 0. The van der Waals surface area contributed by atoms with Gasteiger partial charge in [-0.1, -0.05) is 212 Å². The van der Waals surface area contributed by atoms with Crippen molar-refractivity contribution in [1.29, 1.82) is 0 Å². The quantitative estimate of drug-likeness (QED) is 0.121. The standard InChI is InChI=1S/C87H59N5/c1-5-28-62(29-6-1)88(66-46-50-68(51-47-66)90(64-32-9-3-10-33-64)82-44-21-26-60-24-13-15-36-72(60)82)70-54-56-74-75-57-55-71(59-81(75)87(80(74)58-70)78-40-18-20-43-85(78)92-84-42-19-17-38-76(84)77-39-23-41-79(87)86(77)92)89(63-30-7-2-8-31-63)67-48-52-69(53-49-67)91(65-34-11-4-12-35-65)83-45-22-27-61-25-14-16-37-73(61)83/h1-59H.